The predicted molar refractivity (Wildman–Crippen MR) is 130 cm³/mol. The lowest BCUT2D eigenvalue weighted by Gasteiger charge is -2.17. The number of benzene rings is 1. The summed E-state index contributed by atoms with van der Waals surface area (Å²) >= 11 is 0. The molecule has 38 heavy (non-hydrogen) atoms. The van der Waals surface area contributed by atoms with Crippen molar-refractivity contribution in [3.05, 3.63) is 29.3 Å². The van der Waals surface area contributed by atoms with Crippen LogP contribution in [0, 0.1) is 5.92 Å². The van der Waals surface area contributed by atoms with Crippen molar-refractivity contribution in [1.82, 2.24) is 0 Å². The van der Waals surface area contributed by atoms with Gasteiger partial charge in [0.25, 0.3) is 0 Å². The molecule has 0 radical (unpaired) electrons. The zero-order chi connectivity index (χ0) is 28.2. The Balaban J connectivity index is 2.31. The minimum Gasteiger partial charge on any atom is -0.478 e. The molecule has 0 atom stereocenters. The third-order valence-corrected chi connectivity index (χ3v) is 4.89. The number of esters is 2. The molecule has 0 aliphatic carbocycles. The molecule has 13 nitrogen and oxygen atoms in total. The van der Waals surface area contributed by atoms with Gasteiger partial charge in [-0.2, -0.15) is 0 Å². The monoisotopic (exact) mass is 544 g/mol. The molecule has 0 spiro atoms. The van der Waals surface area contributed by atoms with E-state index in [1.165, 1.54) is 19.9 Å². The van der Waals surface area contributed by atoms with Crippen molar-refractivity contribution in [3.8, 4) is 5.75 Å². The lowest BCUT2D eigenvalue weighted by Crippen LogP contribution is -2.19. The topological polar surface area (TPSA) is 173 Å². The van der Waals surface area contributed by atoms with Crippen LogP contribution in [-0.2, 0) is 38.0 Å². The van der Waals surface area contributed by atoms with Crippen molar-refractivity contribution in [2.45, 2.75) is 26.7 Å². The highest BCUT2D eigenvalue weighted by Crippen LogP contribution is 2.18. The number of hydrogen-bond acceptors (Lipinski definition) is 11. The van der Waals surface area contributed by atoms with Crippen molar-refractivity contribution in [1.29, 1.82) is 0 Å². The number of rotatable bonds is 22. The summed E-state index contributed by atoms with van der Waals surface area (Å²) in [6.45, 7) is 5.28. The van der Waals surface area contributed by atoms with E-state index in [2.05, 4.69) is 0 Å². The molecule has 214 valence electrons. The minimum absolute atomic E-state index is 0.121. The van der Waals surface area contributed by atoms with Crippen LogP contribution in [0.15, 0.2) is 18.2 Å². The van der Waals surface area contributed by atoms with Gasteiger partial charge in [0.05, 0.1) is 37.6 Å². The minimum atomic E-state index is -1.37. The smallest absolute Gasteiger partial charge is 0.336 e. The first-order valence-corrected chi connectivity index (χ1v) is 12.0. The van der Waals surface area contributed by atoms with Gasteiger partial charge in [0.1, 0.15) is 19.0 Å². The Morgan fingerprint density at radius 3 is 1.74 bits per heavy atom. The zero-order valence-corrected chi connectivity index (χ0v) is 21.7. The van der Waals surface area contributed by atoms with E-state index >= 15 is 0 Å². The summed E-state index contributed by atoms with van der Waals surface area (Å²) in [5.74, 6) is -3.16. The van der Waals surface area contributed by atoms with E-state index < -0.39 is 11.9 Å². The average molecular weight is 545 g/mol. The number of hydrogen-bond donors (Lipinski definition) is 2. The fourth-order valence-electron chi connectivity index (χ4n) is 3.02. The van der Waals surface area contributed by atoms with Crippen molar-refractivity contribution >= 4 is 23.9 Å². The molecule has 0 aliphatic heterocycles. The molecular weight excluding hydrogens is 508 g/mol. The number of carboxylic acids is 2. The van der Waals surface area contributed by atoms with Gasteiger partial charge < -0.3 is 43.4 Å². The second kappa shape index (κ2) is 19.8. The van der Waals surface area contributed by atoms with Gasteiger partial charge in [-0.15, -0.1) is 0 Å². The van der Waals surface area contributed by atoms with Crippen molar-refractivity contribution < 1.29 is 62.5 Å². The van der Waals surface area contributed by atoms with E-state index in [0.29, 0.717) is 45.9 Å². The van der Waals surface area contributed by atoms with Crippen LogP contribution >= 0.6 is 0 Å². The third kappa shape index (κ3) is 15.8. The standard InChI is InChI=1S/C25H36O13/c1-18(26)36-13-11-32-7-5-20(6-8-33-12-14-37-19(2)27)16-34-9-10-35-17-38-21-3-4-22(24(28)29)23(15-21)25(30)31/h3-4,15,20H,5-14,16-17H2,1-2H3,(H,28,29)(H,30,31). The van der Waals surface area contributed by atoms with Crippen LogP contribution in [0.2, 0.25) is 0 Å². The fourth-order valence-corrected chi connectivity index (χ4v) is 3.02. The lowest BCUT2D eigenvalue weighted by atomic mass is 10.0. The zero-order valence-electron chi connectivity index (χ0n) is 21.7. The van der Waals surface area contributed by atoms with E-state index in [4.69, 9.17) is 43.4 Å². The Labute approximate surface area is 220 Å². The Bertz CT molecular complexity index is 845. The normalized spacial score (nSPS) is 10.8. The summed E-state index contributed by atoms with van der Waals surface area (Å²) in [6, 6.07) is 3.63. The van der Waals surface area contributed by atoms with Crippen LogP contribution < -0.4 is 4.74 Å². The quantitative estimate of drug-likeness (QED) is 0.123. The first kappa shape index (κ1) is 32.8. The summed E-state index contributed by atoms with van der Waals surface area (Å²) in [4.78, 5) is 43.9. The Morgan fingerprint density at radius 1 is 0.684 bits per heavy atom. The van der Waals surface area contributed by atoms with Crippen LogP contribution in [0.1, 0.15) is 47.4 Å². The number of carbonyl (C=O) groups excluding carboxylic acids is 2. The van der Waals surface area contributed by atoms with Crippen LogP contribution in [0.3, 0.4) is 0 Å². The summed E-state index contributed by atoms with van der Waals surface area (Å²) in [7, 11) is 0. The summed E-state index contributed by atoms with van der Waals surface area (Å²) in [5, 5.41) is 18.2. The van der Waals surface area contributed by atoms with E-state index in [9.17, 15) is 19.2 Å². The van der Waals surface area contributed by atoms with E-state index in [1.54, 1.807) is 0 Å². The summed E-state index contributed by atoms with van der Waals surface area (Å²) in [6.07, 6.45) is 1.38. The van der Waals surface area contributed by atoms with E-state index in [-0.39, 0.29) is 68.0 Å². The molecule has 1 aromatic rings. The largest absolute Gasteiger partial charge is 0.478 e. The highest BCUT2D eigenvalue weighted by atomic mass is 16.7. The lowest BCUT2D eigenvalue weighted by molar-refractivity contribution is -0.143. The van der Waals surface area contributed by atoms with Gasteiger partial charge in [-0.25, -0.2) is 9.59 Å². The van der Waals surface area contributed by atoms with Gasteiger partial charge in [-0.1, -0.05) is 0 Å². The Morgan fingerprint density at radius 2 is 1.21 bits per heavy atom. The molecule has 0 aromatic heterocycles. The SMILES string of the molecule is CC(=O)OCCOCCC(CCOCCOC(C)=O)COCCOCOc1ccc(C(=O)O)c(C(=O)O)c1. The van der Waals surface area contributed by atoms with Gasteiger partial charge >= 0.3 is 23.9 Å². The van der Waals surface area contributed by atoms with Crippen molar-refractivity contribution in [3.63, 3.8) is 0 Å². The predicted octanol–water partition coefficient (Wildman–Crippen LogP) is 2.01. The average Bonchev–Trinajstić information content (AvgIpc) is 2.86. The second-order valence-corrected chi connectivity index (χ2v) is 7.91. The number of carboxylic acid groups (broad SMARTS) is 2. The van der Waals surface area contributed by atoms with Gasteiger partial charge in [-0.3, -0.25) is 9.59 Å². The molecule has 2 N–H and O–H groups in total. The van der Waals surface area contributed by atoms with Gasteiger partial charge in [0, 0.05) is 33.7 Å². The maximum absolute atomic E-state index is 11.2. The number of carbonyl (C=O) groups is 4. The fraction of sp³-hybridized carbons (Fsp3) is 0.600. The highest BCUT2D eigenvalue weighted by Gasteiger charge is 2.17. The van der Waals surface area contributed by atoms with Gasteiger partial charge in [0.2, 0.25) is 0 Å². The molecule has 0 aliphatic rings. The van der Waals surface area contributed by atoms with Crippen LogP contribution in [0.25, 0.3) is 0 Å². The molecule has 0 amide bonds. The van der Waals surface area contributed by atoms with Gasteiger partial charge in [-0.05, 0) is 37.0 Å². The van der Waals surface area contributed by atoms with Crippen LogP contribution in [-0.4, -0.2) is 100 Å². The first-order chi connectivity index (χ1) is 18.2. The summed E-state index contributed by atoms with van der Waals surface area (Å²) in [5.41, 5.74) is -0.714. The van der Waals surface area contributed by atoms with Crippen LogP contribution in [0.5, 0.6) is 5.75 Å². The molecule has 0 fully saturated rings. The summed E-state index contributed by atoms with van der Waals surface area (Å²) < 4.78 is 37.0. The van der Waals surface area contributed by atoms with E-state index in [1.807, 2.05) is 0 Å². The third-order valence-electron chi connectivity index (χ3n) is 4.89. The van der Waals surface area contributed by atoms with Crippen LogP contribution in [0.4, 0.5) is 0 Å². The van der Waals surface area contributed by atoms with E-state index in [0.717, 1.165) is 12.1 Å². The van der Waals surface area contributed by atoms with Gasteiger partial charge in [0.15, 0.2) is 6.79 Å². The number of ether oxygens (including phenoxy) is 7. The molecule has 0 saturated carbocycles. The maximum Gasteiger partial charge on any atom is 0.336 e. The second-order valence-electron chi connectivity index (χ2n) is 7.91. The Kier molecular flexibility index (Phi) is 17.1. The molecule has 13 heteroatoms. The van der Waals surface area contributed by atoms with Crippen molar-refractivity contribution in [2.75, 3.05) is 66.3 Å². The molecule has 0 saturated heterocycles. The van der Waals surface area contributed by atoms with Crippen molar-refractivity contribution in [2.24, 2.45) is 5.92 Å². The number of aromatic carboxylic acids is 2. The molecule has 0 unspecified atom stereocenters. The molecule has 0 bridgehead atoms. The highest BCUT2D eigenvalue weighted by molar-refractivity contribution is 6.02. The first-order valence-electron chi connectivity index (χ1n) is 12.0. The molecular formula is C25H36O13. The maximum atomic E-state index is 11.2. The molecule has 0 heterocycles. The molecule has 1 aromatic carbocycles. The molecule has 1 rings (SSSR count). The Hall–Kier alpha value is -3.26.